The minimum absolute atomic E-state index is 0.179. The highest BCUT2D eigenvalue weighted by Crippen LogP contribution is 2.36. The fraction of sp³-hybridized carbons (Fsp3) is 0.744. The molecule has 0 unspecified atom stereocenters. The van der Waals surface area contributed by atoms with Crippen LogP contribution in [0.25, 0.3) is 0 Å². The van der Waals surface area contributed by atoms with Crippen molar-refractivity contribution in [1.82, 2.24) is 0 Å². The summed E-state index contributed by atoms with van der Waals surface area (Å²) in [6.07, 6.45) is 35.5. The number of phosphoric acid groups is 1. The first-order valence-electron chi connectivity index (χ1n) is 18.8. The number of carbonyl (C=O) groups excluding carboxylic acids is 2. The van der Waals surface area contributed by atoms with Crippen LogP contribution < -0.4 is 0 Å². The van der Waals surface area contributed by atoms with Gasteiger partial charge in [-0.15, -0.1) is 0 Å². The molecule has 0 aliphatic rings. The fourth-order valence-corrected chi connectivity index (χ4v) is 5.34. The predicted molar refractivity (Wildman–Crippen MR) is 199 cm³/mol. The van der Waals surface area contributed by atoms with E-state index in [2.05, 4.69) is 54.8 Å². The maximum absolute atomic E-state index is 12.3. The van der Waals surface area contributed by atoms with Gasteiger partial charge in [0.1, 0.15) is 6.61 Å². The van der Waals surface area contributed by atoms with Crippen molar-refractivity contribution in [2.24, 2.45) is 5.92 Å². The molecule has 0 fully saturated rings. The smallest absolute Gasteiger partial charge is 0.462 e. The van der Waals surface area contributed by atoms with Gasteiger partial charge in [0.25, 0.3) is 0 Å². The average Bonchev–Trinajstić information content (AvgIpc) is 3.03. The first-order chi connectivity index (χ1) is 23.5. The number of carbonyl (C=O) groups is 2. The standard InChI is InChI=1S/C39H69O9P/c1-35(2)29-25-21-17-13-11-12-16-20-24-28-32-39(42)48-37(34-47-49(43,44)45)33-46-38(41)31-27-23-19-15-10-8-6-4-5-7-9-14-18-22-26-30-36(3)40/h5-8,14-15,18-19,35-37,40H,4,9-13,16-17,20-34H2,1-3H3,(H2,43,44,45)/b7-5-,8-6-,18-14-,19-15-/t36-,37-/m1/s1. The van der Waals surface area contributed by atoms with Crippen molar-refractivity contribution in [3.63, 3.8) is 0 Å². The Morgan fingerprint density at radius 2 is 1.06 bits per heavy atom. The Hall–Kier alpha value is -2.03. The third kappa shape index (κ3) is 38.6. The molecule has 0 bridgehead atoms. The van der Waals surface area contributed by atoms with E-state index in [0.29, 0.717) is 19.3 Å². The molecule has 9 nitrogen and oxygen atoms in total. The molecule has 0 aromatic heterocycles. The zero-order valence-electron chi connectivity index (χ0n) is 30.9. The molecule has 0 rings (SSSR count). The quantitative estimate of drug-likeness (QED) is 0.0262. The Morgan fingerprint density at radius 3 is 1.57 bits per heavy atom. The summed E-state index contributed by atoms with van der Waals surface area (Å²) in [4.78, 5) is 42.7. The van der Waals surface area contributed by atoms with Crippen LogP contribution >= 0.6 is 7.82 Å². The summed E-state index contributed by atoms with van der Waals surface area (Å²) in [6.45, 7) is 5.47. The lowest BCUT2D eigenvalue weighted by Gasteiger charge is -2.18. The average molecular weight is 713 g/mol. The Balaban J connectivity index is 4.07. The number of hydrogen-bond acceptors (Lipinski definition) is 7. The second-order valence-corrected chi connectivity index (χ2v) is 14.6. The van der Waals surface area contributed by atoms with E-state index in [-0.39, 0.29) is 25.6 Å². The summed E-state index contributed by atoms with van der Waals surface area (Å²) in [5, 5.41) is 9.24. The zero-order chi connectivity index (χ0) is 36.4. The minimum atomic E-state index is -4.77. The van der Waals surface area contributed by atoms with Crippen molar-refractivity contribution >= 4 is 19.8 Å². The molecule has 2 atom stereocenters. The largest absolute Gasteiger partial charge is 0.469 e. The Labute approximate surface area is 297 Å². The van der Waals surface area contributed by atoms with Gasteiger partial charge in [0.2, 0.25) is 0 Å². The topological polar surface area (TPSA) is 140 Å². The normalized spacial score (nSPS) is 13.8. The van der Waals surface area contributed by atoms with Crippen molar-refractivity contribution in [2.45, 2.75) is 168 Å². The maximum atomic E-state index is 12.3. The van der Waals surface area contributed by atoms with Crippen molar-refractivity contribution in [3.05, 3.63) is 48.6 Å². The summed E-state index contributed by atoms with van der Waals surface area (Å²) >= 11 is 0. The molecule has 0 heterocycles. The van der Waals surface area contributed by atoms with Crippen LogP contribution in [0.3, 0.4) is 0 Å². The Kier molecular flexibility index (Phi) is 31.8. The summed E-state index contributed by atoms with van der Waals surface area (Å²) in [6, 6.07) is 0. The van der Waals surface area contributed by atoms with Crippen LogP contribution in [-0.2, 0) is 28.2 Å². The maximum Gasteiger partial charge on any atom is 0.469 e. The van der Waals surface area contributed by atoms with Crippen molar-refractivity contribution in [3.8, 4) is 0 Å². The van der Waals surface area contributed by atoms with E-state index in [1.165, 1.54) is 44.9 Å². The van der Waals surface area contributed by atoms with Crippen LogP contribution in [0.15, 0.2) is 48.6 Å². The second kappa shape index (κ2) is 33.1. The number of allylic oxidation sites excluding steroid dienone is 8. The predicted octanol–water partition coefficient (Wildman–Crippen LogP) is 10.0. The Morgan fingerprint density at radius 1 is 0.592 bits per heavy atom. The van der Waals surface area contributed by atoms with Gasteiger partial charge in [-0.05, 0) is 70.6 Å². The lowest BCUT2D eigenvalue weighted by Crippen LogP contribution is -2.29. The molecule has 0 spiro atoms. The van der Waals surface area contributed by atoms with Gasteiger partial charge in [0, 0.05) is 12.8 Å². The third-order valence-electron chi connectivity index (χ3n) is 7.80. The molecule has 49 heavy (non-hydrogen) atoms. The first-order valence-corrected chi connectivity index (χ1v) is 20.4. The number of hydrogen-bond donors (Lipinski definition) is 3. The molecular weight excluding hydrogens is 643 g/mol. The molecular formula is C39H69O9P. The van der Waals surface area contributed by atoms with E-state index < -0.39 is 32.5 Å². The molecule has 10 heteroatoms. The molecule has 0 saturated carbocycles. The van der Waals surface area contributed by atoms with E-state index in [1.54, 1.807) is 0 Å². The molecule has 0 aromatic rings. The lowest BCUT2D eigenvalue weighted by atomic mass is 10.0. The molecule has 0 radical (unpaired) electrons. The molecule has 0 aliphatic carbocycles. The second-order valence-electron chi connectivity index (χ2n) is 13.3. The highest BCUT2D eigenvalue weighted by atomic mass is 31.2. The van der Waals surface area contributed by atoms with Crippen LogP contribution in [0.1, 0.15) is 156 Å². The third-order valence-corrected chi connectivity index (χ3v) is 8.28. The monoisotopic (exact) mass is 712 g/mol. The number of rotatable bonds is 33. The van der Waals surface area contributed by atoms with Gasteiger partial charge < -0.3 is 24.4 Å². The first kappa shape index (κ1) is 47.0. The molecule has 3 N–H and O–H groups in total. The van der Waals surface area contributed by atoms with Gasteiger partial charge >= 0.3 is 19.8 Å². The SMILES string of the molecule is CC(C)CCCCCCCCCCCCC(=O)O[C@H](COC(=O)CCC/C=C\C/C=C\C/C=C\C/C=C\CCC[C@@H](C)O)COP(=O)(O)O. The molecule has 0 aromatic carbocycles. The van der Waals surface area contributed by atoms with Crippen molar-refractivity contribution in [2.75, 3.05) is 13.2 Å². The van der Waals surface area contributed by atoms with Crippen LogP contribution in [0.2, 0.25) is 0 Å². The van der Waals surface area contributed by atoms with E-state index >= 15 is 0 Å². The van der Waals surface area contributed by atoms with Gasteiger partial charge in [-0.1, -0.05) is 127 Å². The number of unbranched alkanes of at least 4 members (excludes halogenated alkanes) is 11. The highest BCUT2D eigenvalue weighted by Gasteiger charge is 2.22. The lowest BCUT2D eigenvalue weighted by molar-refractivity contribution is -0.161. The van der Waals surface area contributed by atoms with Crippen LogP contribution in [0, 0.1) is 5.92 Å². The van der Waals surface area contributed by atoms with E-state index in [0.717, 1.165) is 63.7 Å². The minimum Gasteiger partial charge on any atom is -0.462 e. The highest BCUT2D eigenvalue weighted by molar-refractivity contribution is 7.46. The summed E-state index contributed by atoms with van der Waals surface area (Å²) in [7, 11) is -4.77. The number of aliphatic hydroxyl groups is 1. The van der Waals surface area contributed by atoms with Gasteiger partial charge in [-0.25, -0.2) is 4.57 Å². The van der Waals surface area contributed by atoms with E-state index in [4.69, 9.17) is 19.3 Å². The number of phosphoric ester groups is 1. The van der Waals surface area contributed by atoms with Crippen LogP contribution in [-0.4, -0.2) is 52.3 Å². The van der Waals surface area contributed by atoms with Crippen molar-refractivity contribution in [1.29, 1.82) is 0 Å². The van der Waals surface area contributed by atoms with Crippen LogP contribution in [0.5, 0.6) is 0 Å². The zero-order valence-corrected chi connectivity index (χ0v) is 31.7. The summed E-state index contributed by atoms with van der Waals surface area (Å²) < 4.78 is 26.2. The number of ether oxygens (including phenoxy) is 2. The van der Waals surface area contributed by atoms with E-state index in [9.17, 15) is 19.3 Å². The van der Waals surface area contributed by atoms with Gasteiger partial charge in [0.05, 0.1) is 12.7 Å². The van der Waals surface area contributed by atoms with E-state index in [1.807, 2.05) is 19.1 Å². The van der Waals surface area contributed by atoms with Gasteiger partial charge in [0.15, 0.2) is 6.10 Å². The fourth-order valence-electron chi connectivity index (χ4n) is 4.98. The molecule has 0 saturated heterocycles. The molecule has 284 valence electrons. The Bertz CT molecular complexity index is 966. The molecule has 0 aliphatic heterocycles. The summed E-state index contributed by atoms with van der Waals surface area (Å²) in [5.41, 5.74) is 0. The van der Waals surface area contributed by atoms with Gasteiger partial charge in [-0.2, -0.15) is 0 Å². The number of aliphatic hydroxyl groups excluding tert-OH is 1. The molecule has 0 amide bonds. The summed E-state index contributed by atoms with van der Waals surface area (Å²) in [5.74, 6) is -0.180. The van der Waals surface area contributed by atoms with Crippen molar-refractivity contribution < 1.29 is 43.0 Å². The number of esters is 2. The van der Waals surface area contributed by atoms with Gasteiger partial charge in [-0.3, -0.25) is 14.1 Å². The van der Waals surface area contributed by atoms with Crippen LogP contribution in [0.4, 0.5) is 0 Å².